The van der Waals surface area contributed by atoms with Crippen molar-refractivity contribution in [3.63, 3.8) is 0 Å². The number of carbonyl (C=O) groups excluding carboxylic acids is 1. The van der Waals surface area contributed by atoms with Crippen LogP contribution in [0.1, 0.15) is 35.7 Å². The first-order chi connectivity index (χ1) is 9.02. The van der Waals surface area contributed by atoms with E-state index in [9.17, 15) is 9.90 Å². The number of likely N-dealkylation sites (tertiary alicyclic amines) is 1. The first-order valence-corrected chi connectivity index (χ1v) is 8.01. The summed E-state index contributed by atoms with van der Waals surface area (Å²) in [7, 11) is 0. The highest BCUT2D eigenvalue weighted by Gasteiger charge is 2.29. The Hall–Kier alpha value is -1.00. The highest BCUT2D eigenvalue weighted by atomic mass is 32.2. The van der Waals surface area contributed by atoms with Gasteiger partial charge < -0.3 is 10.0 Å². The fourth-order valence-corrected chi connectivity index (χ4v) is 2.85. The van der Waals surface area contributed by atoms with Crippen LogP contribution in [0.2, 0.25) is 0 Å². The lowest BCUT2D eigenvalue weighted by Crippen LogP contribution is -2.45. The number of hydrogen-bond donors (Lipinski definition) is 1. The van der Waals surface area contributed by atoms with Gasteiger partial charge in [0.1, 0.15) is 0 Å². The molecule has 1 fully saturated rings. The van der Waals surface area contributed by atoms with Gasteiger partial charge in [-0.05, 0) is 43.7 Å². The molecule has 0 bridgehead atoms. The zero-order valence-electron chi connectivity index (χ0n) is 11.6. The van der Waals surface area contributed by atoms with E-state index in [4.69, 9.17) is 0 Å². The molecule has 3 nitrogen and oxygen atoms in total. The van der Waals surface area contributed by atoms with Gasteiger partial charge in [-0.15, -0.1) is 0 Å². The van der Waals surface area contributed by atoms with Crippen molar-refractivity contribution < 1.29 is 9.90 Å². The Morgan fingerprint density at radius 3 is 2.74 bits per heavy atom. The second-order valence-corrected chi connectivity index (χ2v) is 6.29. The minimum Gasteiger partial charge on any atom is -0.390 e. The number of rotatable bonds is 3. The molecule has 1 aromatic carbocycles. The average Bonchev–Trinajstić information content (AvgIpc) is 2.39. The third kappa shape index (κ3) is 3.74. The highest BCUT2D eigenvalue weighted by molar-refractivity contribution is 7.97. The Labute approximate surface area is 119 Å². The molecule has 1 N–H and O–H groups in total. The summed E-state index contributed by atoms with van der Waals surface area (Å²) in [5.41, 5.74) is 1.33. The molecule has 104 valence electrons. The lowest BCUT2D eigenvalue weighted by Gasteiger charge is -2.35. The summed E-state index contributed by atoms with van der Waals surface area (Å²) < 4.78 is 0. The number of hydrogen-bond acceptors (Lipinski definition) is 3. The van der Waals surface area contributed by atoms with Crippen LogP contribution in [0.4, 0.5) is 0 Å². The van der Waals surface area contributed by atoms with Crippen LogP contribution in [0.15, 0.2) is 24.3 Å². The molecule has 0 spiro atoms. The standard InChI is InChI=1S/C15H21NO2S/c1-15(18)6-8-16(9-7-15)14(17)13-5-3-4-12(10-13)11-19-2/h3-5,10,18H,6-9,11H2,1-2H3. The Morgan fingerprint density at radius 2 is 2.11 bits per heavy atom. The lowest BCUT2D eigenvalue weighted by atomic mass is 9.93. The number of nitrogens with zero attached hydrogens (tertiary/aromatic N) is 1. The van der Waals surface area contributed by atoms with Gasteiger partial charge >= 0.3 is 0 Å². The van der Waals surface area contributed by atoms with E-state index in [1.807, 2.05) is 36.1 Å². The van der Waals surface area contributed by atoms with E-state index >= 15 is 0 Å². The Bertz CT molecular complexity index is 449. The lowest BCUT2D eigenvalue weighted by molar-refractivity contribution is -0.00202. The highest BCUT2D eigenvalue weighted by Crippen LogP contribution is 2.23. The zero-order valence-corrected chi connectivity index (χ0v) is 12.4. The van der Waals surface area contributed by atoms with Crippen LogP contribution in [0.5, 0.6) is 0 Å². The molecule has 19 heavy (non-hydrogen) atoms. The molecule has 1 amide bonds. The molecule has 0 atom stereocenters. The minimum atomic E-state index is -0.614. The van der Waals surface area contributed by atoms with Crippen molar-refractivity contribution >= 4 is 17.7 Å². The maximum absolute atomic E-state index is 12.4. The fraction of sp³-hybridized carbons (Fsp3) is 0.533. The quantitative estimate of drug-likeness (QED) is 0.924. The second kappa shape index (κ2) is 5.97. The van der Waals surface area contributed by atoms with Crippen molar-refractivity contribution in [1.82, 2.24) is 4.90 Å². The number of thioether (sulfide) groups is 1. The average molecular weight is 279 g/mol. The summed E-state index contributed by atoms with van der Waals surface area (Å²) in [5.74, 6) is 1.01. The third-order valence-corrected chi connectivity index (χ3v) is 4.23. The molecule has 4 heteroatoms. The van der Waals surface area contributed by atoms with Gasteiger partial charge in [0.15, 0.2) is 0 Å². The maximum atomic E-state index is 12.4. The topological polar surface area (TPSA) is 40.5 Å². The van der Waals surface area contributed by atoms with Crippen molar-refractivity contribution in [2.24, 2.45) is 0 Å². The number of benzene rings is 1. The molecule has 1 aromatic rings. The number of amides is 1. The first kappa shape index (κ1) is 14.4. The van der Waals surface area contributed by atoms with Crippen LogP contribution in [-0.2, 0) is 5.75 Å². The van der Waals surface area contributed by atoms with Gasteiger partial charge in [-0.1, -0.05) is 12.1 Å². The van der Waals surface area contributed by atoms with E-state index in [0.717, 1.165) is 11.3 Å². The predicted molar refractivity (Wildman–Crippen MR) is 79.4 cm³/mol. The van der Waals surface area contributed by atoms with Gasteiger partial charge in [0.25, 0.3) is 5.91 Å². The van der Waals surface area contributed by atoms with Gasteiger partial charge in [0.2, 0.25) is 0 Å². The Kier molecular flexibility index (Phi) is 4.53. The summed E-state index contributed by atoms with van der Waals surface area (Å²) >= 11 is 1.75. The van der Waals surface area contributed by atoms with E-state index < -0.39 is 5.60 Å². The van der Waals surface area contributed by atoms with E-state index in [-0.39, 0.29) is 5.91 Å². The smallest absolute Gasteiger partial charge is 0.253 e. The van der Waals surface area contributed by atoms with Gasteiger partial charge in [0.05, 0.1) is 5.60 Å². The molecular weight excluding hydrogens is 258 g/mol. The molecule has 1 heterocycles. The summed E-state index contributed by atoms with van der Waals surface area (Å²) in [6.07, 6.45) is 3.37. The molecule has 0 unspecified atom stereocenters. The molecule has 0 aliphatic carbocycles. The predicted octanol–water partition coefficient (Wildman–Crippen LogP) is 2.54. The van der Waals surface area contributed by atoms with Crippen molar-refractivity contribution in [2.75, 3.05) is 19.3 Å². The first-order valence-electron chi connectivity index (χ1n) is 6.61. The van der Waals surface area contributed by atoms with Crippen LogP contribution in [0.25, 0.3) is 0 Å². The van der Waals surface area contributed by atoms with Crippen LogP contribution < -0.4 is 0 Å². The number of piperidine rings is 1. The van der Waals surface area contributed by atoms with Crippen molar-refractivity contribution in [2.45, 2.75) is 31.1 Å². The normalized spacial score (nSPS) is 18.4. The Morgan fingerprint density at radius 1 is 1.42 bits per heavy atom. The molecule has 0 aromatic heterocycles. The summed E-state index contributed by atoms with van der Waals surface area (Å²) in [5, 5.41) is 9.92. The second-order valence-electron chi connectivity index (χ2n) is 5.42. The van der Waals surface area contributed by atoms with Crippen molar-refractivity contribution in [3.8, 4) is 0 Å². The van der Waals surface area contributed by atoms with Gasteiger partial charge in [0, 0.05) is 24.4 Å². The molecule has 0 saturated carbocycles. The van der Waals surface area contributed by atoms with Crippen molar-refractivity contribution in [1.29, 1.82) is 0 Å². The maximum Gasteiger partial charge on any atom is 0.253 e. The summed E-state index contributed by atoms with van der Waals surface area (Å²) in [6.45, 7) is 3.12. The molecule has 1 aliphatic rings. The SMILES string of the molecule is CSCc1cccc(C(=O)N2CCC(C)(O)CC2)c1. The number of carbonyl (C=O) groups is 1. The van der Waals surface area contributed by atoms with Crippen molar-refractivity contribution in [3.05, 3.63) is 35.4 Å². The molecular formula is C15H21NO2S. The summed E-state index contributed by atoms with van der Waals surface area (Å²) in [6, 6.07) is 7.84. The van der Waals surface area contributed by atoms with Crippen LogP contribution in [0, 0.1) is 0 Å². The fourth-order valence-electron chi connectivity index (χ4n) is 2.33. The van der Waals surface area contributed by atoms with Crippen LogP contribution >= 0.6 is 11.8 Å². The molecule has 1 saturated heterocycles. The zero-order chi connectivity index (χ0) is 13.9. The van der Waals surface area contributed by atoms with Gasteiger partial charge in [-0.25, -0.2) is 0 Å². The Balaban J connectivity index is 2.05. The third-order valence-electron chi connectivity index (χ3n) is 3.61. The van der Waals surface area contributed by atoms with E-state index in [1.165, 1.54) is 5.56 Å². The largest absolute Gasteiger partial charge is 0.390 e. The van der Waals surface area contributed by atoms with Gasteiger partial charge in [-0.2, -0.15) is 11.8 Å². The molecule has 1 aliphatic heterocycles. The van der Waals surface area contributed by atoms with E-state index in [1.54, 1.807) is 11.8 Å². The van der Waals surface area contributed by atoms with E-state index in [2.05, 4.69) is 6.26 Å². The molecule has 2 rings (SSSR count). The monoisotopic (exact) mass is 279 g/mol. The minimum absolute atomic E-state index is 0.0819. The van der Waals surface area contributed by atoms with E-state index in [0.29, 0.717) is 25.9 Å². The number of aliphatic hydroxyl groups is 1. The molecule has 0 radical (unpaired) electrons. The van der Waals surface area contributed by atoms with Crippen LogP contribution in [-0.4, -0.2) is 40.9 Å². The summed E-state index contributed by atoms with van der Waals surface area (Å²) in [4.78, 5) is 14.2. The van der Waals surface area contributed by atoms with Gasteiger partial charge in [-0.3, -0.25) is 4.79 Å². The van der Waals surface area contributed by atoms with Crippen LogP contribution in [0.3, 0.4) is 0 Å².